The quantitative estimate of drug-likeness (QED) is 0.890. The van der Waals surface area contributed by atoms with Crippen LogP contribution in [0.25, 0.3) is 0 Å². The van der Waals surface area contributed by atoms with Crippen molar-refractivity contribution < 1.29 is 9.13 Å². The normalized spacial score (nSPS) is 26.9. The van der Waals surface area contributed by atoms with Crippen LogP contribution in [0.15, 0.2) is 18.2 Å². The van der Waals surface area contributed by atoms with Crippen molar-refractivity contribution in [2.75, 3.05) is 6.61 Å². The fourth-order valence-corrected chi connectivity index (χ4v) is 3.92. The standard InChI is InChI=1S/C17H24FNO/c1-12-5-4-6-14(15(12)18)16(19)13-7-10-20-17(11-13)8-2-3-9-17/h4-6,13,16H,2-3,7-11,19H2,1H3. The summed E-state index contributed by atoms with van der Waals surface area (Å²) in [6.45, 7) is 2.57. The van der Waals surface area contributed by atoms with Gasteiger partial charge in [-0.3, -0.25) is 0 Å². The number of nitrogens with two attached hydrogens (primary N) is 1. The summed E-state index contributed by atoms with van der Waals surface area (Å²) in [5.41, 5.74) is 7.79. The Morgan fingerprint density at radius 3 is 2.85 bits per heavy atom. The SMILES string of the molecule is Cc1cccc(C(N)C2CCOC3(CCCC3)C2)c1F. The van der Waals surface area contributed by atoms with Crippen LogP contribution in [0.1, 0.15) is 55.7 Å². The van der Waals surface area contributed by atoms with Gasteiger partial charge in [0.25, 0.3) is 0 Å². The number of aryl methyl sites for hydroxylation is 1. The molecule has 110 valence electrons. The molecule has 1 aliphatic carbocycles. The Morgan fingerprint density at radius 1 is 1.35 bits per heavy atom. The minimum absolute atomic E-state index is 0.0425. The van der Waals surface area contributed by atoms with Crippen molar-refractivity contribution >= 4 is 0 Å². The fraction of sp³-hybridized carbons (Fsp3) is 0.647. The van der Waals surface area contributed by atoms with Gasteiger partial charge in [-0.05, 0) is 44.1 Å². The second-order valence-electron chi connectivity index (χ2n) is 6.50. The van der Waals surface area contributed by atoms with E-state index in [1.54, 1.807) is 13.0 Å². The van der Waals surface area contributed by atoms with Crippen LogP contribution in [0.4, 0.5) is 4.39 Å². The smallest absolute Gasteiger partial charge is 0.130 e. The molecule has 0 bridgehead atoms. The van der Waals surface area contributed by atoms with Gasteiger partial charge >= 0.3 is 0 Å². The molecule has 1 heterocycles. The van der Waals surface area contributed by atoms with Gasteiger partial charge in [0, 0.05) is 18.2 Å². The minimum Gasteiger partial charge on any atom is -0.375 e. The zero-order valence-electron chi connectivity index (χ0n) is 12.2. The highest BCUT2D eigenvalue weighted by Gasteiger charge is 2.41. The molecule has 2 aliphatic rings. The molecule has 1 saturated carbocycles. The lowest BCUT2D eigenvalue weighted by Gasteiger charge is -2.40. The second-order valence-corrected chi connectivity index (χ2v) is 6.50. The highest BCUT2D eigenvalue weighted by molar-refractivity contribution is 5.28. The van der Waals surface area contributed by atoms with Gasteiger partial charge in [-0.2, -0.15) is 0 Å². The predicted molar refractivity (Wildman–Crippen MR) is 77.9 cm³/mol. The molecule has 2 N–H and O–H groups in total. The molecule has 2 atom stereocenters. The van der Waals surface area contributed by atoms with E-state index in [2.05, 4.69) is 0 Å². The first-order valence-corrected chi connectivity index (χ1v) is 7.76. The van der Waals surface area contributed by atoms with E-state index in [9.17, 15) is 4.39 Å². The van der Waals surface area contributed by atoms with E-state index in [4.69, 9.17) is 10.5 Å². The number of ether oxygens (including phenoxy) is 1. The van der Waals surface area contributed by atoms with Crippen molar-refractivity contribution in [3.8, 4) is 0 Å². The molecule has 1 saturated heterocycles. The fourth-order valence-electron chi connectivity index (χ4n) is 3.92. The Balaban J connectivity index is 1.79. The van der Waals surface area contributed by atoms with Gasteiger partial charge < -0.3 is 10.5 Å². The maximum atomic E-state index is 14.3. The Hall–Kier alpha value is -0.930. The molecule has 1 aromatic rings. The summed E-state index contributed by atoms with van der Waals surface area (Å²) in [7, 11) is 0. The predicted octanol–water partition coefficient (Wildman–Crippen LogP) is 3.87. The van der Waals surface area contributed by atoms with E-state index in [1.165, 1.54) is 12.8 Å². The Kier molecular flexibility index (Phi) is 3.83. The third-order valence-electron chi connectivity index (χ3n) is 5.13. The third-order valence-corrected chi connectivity index (χ3v) is 5.13. The molecule has 3 rings (SSSR count). The Morgan fingerprint density at radius 2 is 2.10 bits per heavy atom. The minimum atomic E-state index is -0.212. The zero-order valence-corrected chi connectivity index (χ0v) is 12.2. The van der Waals surface area contributed by atoms with Crippen molar-refractivity contribution in [1.29, 1.82) is 0 Å². The summed E-state index contributed by atoms with van der Waals surface area (Å²) in [6.07, 6.45) is 6.72. The van der Waals surface area contributed by atoms with E-state index in [0.29, 0.717) is 17.0 Å². The average molecular weight is 277 g/mol. The summed E-state index contributed by atoms with van der Waals surface area (Å²) in [5, 5.41) is 0. The van der Waals surface area contributed by atoms with Crippen LogP contribution in [0.3, 0.4) is 0 Å². The van der Waals surface area contributed by atoms with Crippen LogP contribution >= 0.6 is 0 Å². The summed E-state index contributed by atoms with van der Waals surface area (Å²) in [4.78, 5) is 0. The van der Waals surface area contributed by atoms with Crippen molar-refractivity contribution in [2.24, 2.45) is 11.7 Å². The molecule has 0 radical (unpaired) electrons. The zero-order chi connectivity index (χ0) is 14.2. The molecule has 0 amide bonds. The van der Waals surface area contributed by atoms with Crippen LogP contribution in [0.2, 0.25) is 0 Å². The average Bonchev–Trinajstić information content (AvgIpc) is 2.89. The molecule has 2 fully saturated rings. The van der Waals surface area contributed by atoms with Gasteiger partial charge in [0.15, 0.2) is 0 Å². The molecule has 1 aromatic carbocycles. The van der Waals surface area contributed by atoms with Crippen molar-refractivity contribution in [1.82, 2.24) is 0 Å². The van der Waals surface area contributed by atoms with Gasteiger partial charge in [-0.15, -0.1) is 0 Å². The monoisotopic (exact) mass is 277 g/mol. The summed E-state index contributed by atoms with van der Waals surface area (Å²) in [5.74, 6) is 0.199. The number of benzene rings is 1. The molecular formula is C17H24FNO. The summed E-state index contributed by atoms with van der Waals surface area (Å²) >= 11 is 0. The highest BCUT2D eigenvalue weighted by atomic mass is 19.1. The van der Waals surface area contributed by atoms with E-state index in [1.807, 2.05) is 12.1 Å². The van der Waals surface area contributed by atoms with Gasteiger partial charge in [-0.1, -0.05) is 31.0 Å². The lowest BCUT2D eigenvalue weighted by atomic mass is 9.78. The van der Waals surface area contributed by atoms with E-state index in [-0.39, 0.29) is 17.5 Å². The van der Waals surface area contributed by atoms with Crippen LogP contribution in [-0.4, -0.2) is 12.2 Å². The second kappa shape index (κ2) is 5.45. The Bertz CT molecular complexity index is 482. The molecular weight excluding hydrogens is 253 g/mol. The molecule has 20 heavy (non-hydrogen) atoms. The van der Waals surface area contributed by atoms with Crippen molar-refractivity contribution in [3.63, 3.8) is 0 Å². The van der Waals surface area contributed by atoms with Crippen molar-refractivity contribution in [3.05, 3.63) is 35.1 Å². The molecule has 3 heteroatoms. The lowest BCUT2D eigenvalue weighted by Crippen LogP contribution is -2.40. The first kappa shape index (κ1) is 14.0. The molecule has 2 nitrogen and oxygen atoms in total. The third kappa shape index (κ3) is 2.49. The number of halogens is 1. The van der Waals surface area contributed by atoms with Crippen LogP contribution in [0, 0.1) is 18.7 Å². The number of hydrogen-bond donors (Lipinski definition) is 1. The van der Waals surface area contributed by atoms with Gasteiger partial charge in [-0.25, -0.2) is 4.39 Å². The van der Waals surface area contributed by atoms with Crippen LogP contribution in [0.5, 0.6) is 0 Å². The van der Waals surface area contributed by atoms with Gasteiger partial charge in [0.05, 0.1) is 5.60 Å². The van der Waals surface area contributed by atoms with Crippen LogP contribution in [-0.2, 0) is 4.74 Å². The first-order valence-electron chi connectivity index (χ1n) is 7.76. The van der Waals surface area contributed by atoms with E-state index in [0.717, 1.165) is 32.3 Å². The first-order chi connectivity index (χ1) is 9.61. The van der Waals surface area contributed by atoms with Crippen LogP contribution < -0.4 is 5.73 Å². The molecule has 0 aromatic heterocycles. The van der Waals surface area contributed by atoms with Crippen molar-refractivity contribution in [2.45, 2.75) is 57.1 Å². The summed E-state index contributed by atoms with van der Waals surface area (Å²) < 4.78 is 20.3. The molecule has 1 aliphatic heterocycles. The van der Waals surface area contributed by atoms with E-state index < -0.39 is 0 Å². The maximum Gasteiger partial charge on any atom is 0.130 e. The van der Waals surface area contributed by atoms with Gasteiger partial charge in [0.2, 0.25) is 0 Å². The lowest BCUT2D eigenvalue weighted by molar-refractivity contribution is -0.0965. The summed E-state index contributed by atoms with van der Waals surface area (Å²) in [6, 6.07) is 5.33. The Labute approximate surface area is 120 Å². The topological polar surface area (TPSA) is 35.2 Å². The maximum absolute atomic E-state index is 14.3. The highest BCUT2D eigenvalue weighted by Crippen LogP contribution is 2.45. The van der Waals surface area contributed by atoms with E-state index >= 15 is 0 Å². The number of hydrogen-bond acceptors (Lipinski definition) is 2. The number of rotatable bonds is 2. The largest absolute Gasteiger partial charge is 0.375 e. The molecule has 1 spiro atoms. The molecule has 2 unspecified atom stereocenters. The van der Waals surface area contributed by atoms with Gasteiger partial charge in [0.1, 0.15) is 5.82 Å².